The number of sulfonamides is 1. The number of halogens is 2. The van der Waals surface area contributed by atoms with Crippen molar-refractivity contribution < 1.29 is 17.5 Å². The lowest BCUT2D eigenvalue weighted by Gasteiger charge is -2.32. The van der Waals surface area contributed by atoms with Gasteiger partial charge in [-0.2, -0.15) is 4.31 Å². The molecule has 1 atom stereocenters. The van der Waals surface area contributed by atoms with Gasteiger partial charge < -0.3 is 4.74 Å². The van der Waals surface area contributed by atoms with Gasteiger partial charge in [0.05, 0.1) is 17.6 Å². The minimum atomic E-state index is -3.61. The molecule has 122 valence electrons. The molecule has 2 aromatic carbocycles. The van der Waals surface area contributed by atoms with E-state index in [1.54, 1.807) is 36.4 Å². The summed E-state index contributed by atoms with van der Waals surface area (Å²) in [5.41, 5.74) is 0.762. The molecule has 0 aromatic heterocycles. The Morgan fingerprint density at radius 2 is 1.83 bits per heavy atom. The van der Waals surface area contributed by atoms with Crippen LogP contribution in [0.15, 0.2) is 57.9 Å². The van der Waals surface area contributed by atoms with E-state index in [4.69, 9.17) is 4.74 Å². The predicted octanol–water partition coefficient (Wildman–Crippen LogP) is 3.35. The molecule has 0 N–H and O–H groups in total. The van der Waals surface area contributed by atoms with Crippen LogP contribution >= 0.6 is 15.9 Å². The zero-order valence-electron chi connectivity index (χ0n) is 12.2. The van der Waals surface area contributed by atoms with Gasteiger partial charge in [-0.15, -0.1) is 0 Å². The van der Waals surface area contributed by atoms with Crippen LogP contribution in [0.5, 0.6) is 0 Å². The van der Waals surface area contributed by atoms with Crippen molar-refractivity contribution in [2.75, 3.05) is 19.7 Å². The lowest BCUT2D eigenvalue weighted by molar-refractivity contribution is -0.00259. The highest BCUT2D eigenvalue weighted by Gasteiger charge is 2.32. The molecule has 0 radical (unpaired) electrons. The van der Waals surface area contributed by atoms with Crippen molar-refractivity contribution in [1.29, 1.82) is 0 Å². The number of benzene rings is 2. The number of ether oxygens (including phenoxy) is 1. The fourth-order valence-corrected chi connectivity index (χ4v) is 4.90. The van der Waals surface area contributed by atoms with Gasteiger partial charge in [-0.25, -0.2) is 12.8 Å². The summed E-state index contributed by atoms with van der Waals surface area (Å²) in [5, 5.41) is 0. The molecule has 0 bridgehead atoms. The van der Waals surface area contributed by atoms with E-state index in [0.29, 0.717) is 17.6 Å². The maximum absolute atomic E-state index is 13.0. The summed E-state index contributed by atoms with van der Waals surface area (Å²) >= 11 is 3.29. The van der Waals surface area contributed by atoms with Crippen molar-refractivity contribution in [1.82, 2.24) is 4.31 Å². The first kappa shape index (κ1) is 16.6. The van der Waals surface area contributed by atoms with Gasteiger partial charge in [0.1, 0.15) is 5.82 Å². The van der Waals surface area contributed by atoms with Gasteiger partial charge in [-0.3, -0.25) is 0 Å². The predicted molar refractivity (Wildman–Crippen MR) is 88.0 cm³/mol. The van der Waals surface area contributed by atoms with Crippen LogP contribution in [0.2, 0.25) is 0 Å². The third-order valence-electron chi connectivity index (χ3n) is 3.73. The molecule has 0 aliphatic carbocycles. The molecular formula is C16H15BrFNO3S. The van der Waals surface area contributed by atoms with Crippen LogP contribution in [0.4, 0.5) is 4.39 Å². The molecule has 7 heteroatoms. The molecule has 4 nitrogen and oxygen atoms in total. The Labute approximate surface area is 143 Å². The van der Waals surface area contributed by atoms with E-state index in [0.717, 1.165) is 5.56 Å². The third-order valence-corrected chi connectivity index (χ3v) is 6.60. The van der Waals surface area contributed by atoms with Crippen LogP contribution in [-0.4, -0.2) is 32.4 Å². The fourth-order valence-electron chi connectivity index (χ4n) is 2.52. The summed E-state index contributed by atoms with van der Waals surface area (Å²) < 4.78 is 46.3. The lowest BCUT2D eigenvalue weighted by Crippen LogP contribution is -2.42. The van der Waals surface area contributed by atoms with Crippen LogP contribution in [0.3, 0.4) is 0 Å². The van der Waals surface area contributed by atoms with Crippen molar-refractivity contribution in [3.05, 3.63) is 64.4 Å². The smallest absolute Gasteiger partial charge is 0.244 e. The highest BCUT2D eigenvalue weighted by Crippen LogP contribution is 2.29. The van der Waals surface area contributed by atoms with Crippen molar-refractivity contribution in [3.8, 4) is 0 Å². The highest BCUT2D eigenvalue weighted by molar-refractivity contribution is 9.10. The maximum Gasteiger partial charge on any atom is 0.244 e. The average molecular weight is 400 g/mol. The lowest BCUT2D eigenvalue weighted by atomic mass is 10.1. The van der Waals surface area contributed by atoms with Gasteiger partial charge in [0.15, 0.2) is 0 Å². The van der Waals surface area contributed by atoms with Gasteiger partial charge in [0, 0.05) is 17.6 Å². The largest absolute Gasteiger partial charge is 0.371 e. The second-order valence-corrected chi connectivity index (χ2v) is 7.97. The third kappa shape index (κ3) is 3.47. The SMILES string of the molecule is O=S(=O)(c1ccccc1Br)N1CCOC(c2ccc(F)cc2)C1. The summed E-state index contributed by atoms with van der Waals surface area (Å²) in [7, 11) is -3.61. The van der Waals surface area contributed by atoms with E-state index in [2.05, 4.69) is 15.9 Å². The Morgan fingerprint density at radius 3 is 2.52 bits per heavy atom. The molecule has 3 rings (SSSR count). The summed E-state index contributed by atoms with van der Waals surface area (Å²) in [6.45, 7) is 0.794. The standard InChI is InChI=1S/C16H15BrFNO3S/c17-14-3-1-2-4-16(14)23(20,21)19-9-10-22-15(11-19)12-5-7-13(18)8-6-12/h1-8,15H,9-11H2. The normalized spacial score (nSPS) is 19.7. The topological polar surface area (TPSA) is 46.6 Å². The maximum atomic E-state index is 13.0. The van der Waals surface area contributed by atoms with E-state index in [9.17, 15) is 12.8 Å². The quantitative estimate of drug-likeness (QED) is 0.794. The minimum Gasteiger partial charge on any atom is -0.371 e. The molecule has 1 aliphatic rings. The van der Waals surface area contributed by atoms with Gasteiger partial charge in [0.2, 0.25) is 10.0 Å². The van der Waals surface area contributed by atoms with Gasteiger partial charge >= 0.3 is 0 Å². The molecule has 1 saturated heterocycles. The van der Waals surface area contributed by atoms with Crippen molar-refractivity contribution in [2.24, 2.45) is 0 Å². The van der Waals surface area contributed by atoms with E-state index in [-0.39, 0.29) is 17.3 Å². The van der Waals surface area contributed by atoms with Crippen LogP contribution < -0.4 is 0 Å². The first-order valence-electron chi connectivity index (χ1n) is 7.10. The molecule has 1 fully saturated rings. The molecule has 0 amide bonds. The fraction of sp³-hybridized carbons (Fsp3) is 0.250. The van der Waals surface area contributed by atoms with E-state index < -0.39 is 16.1 Å². The molecule has 1 aliphatic heterocycles. The Morgan fingerprint density at radius 1 is 1.13 bits per heavy atom. The number of hydrogen-bond acceptors (Lipinski definition) is 3. The van der Waals surface area contributed by atoms with Crippen molar-refractivity contribution >= 4 is 26.0 Å². The van der Waals surface area contributed by atoms with E-state index >= 15 is 0 Å². The second kappa shape index (κ2) is 6.68. The van der Waals surface area contributed by atoms with Gasteiger partial charge in [0.25, 0.3) is 0 Å². The number of hydrogen-bond donors (Lipinski definition) is 0. The Balaban J connectivity index is 1.86. The molecule has 1 heterocycles. The zero-order chi connectivity index (χ0) is 16.4. The number of morpholine rings is 1. The van der Waals surface area contributed by atoms with Crippen LogP contribution in [0.1, 0.15) is 11.7 Å². The van der Waals surface area contributed by atoms with Gasteiger partial charge in [-0.05, 0) is 45.8 Å². The number of rotatable bonds is 3. The summed E-state index contributed by atoms with van der Waals surface area (Å²) in [6, 6.07) is 12.7. The molecular weight excluding hydrogens is 385 g/mol. The molecule has 2 aromatic rings. The summed E-state index contributed by atoms with van der Waals surface area (Å²) in [4.78, 5) is 0.236. The van der Waals surface area contributed by atoms with Crippen LogP contribution in [0, 0.1) is 5.82 Å². The first-order valence-corrected chi connectivity index (χ1v) is 9.33. The van der Waals surface area contributed by atoms with E-state index in [1.807, 2.05) is 0 Å². The molecule has 1 unspecified atom stereocenters. The monoisotopic (exact) mass is 399 g/mol. The Hall–Kier alpha value is -1.28. The zero-order valence-corrected chi connectivity index (χ0v) is 14.6. The second-order valence-electron chi connectivity index (χ2n) is 5.20. The van der Waals surface area contributed by atoms with Crippen LogP contribution in [-0.2, 0) is 14.8 Å². The van der Waals surface area contributed by atoms with Crippen molar-refractivity contribution in [3.63, 3.8) is 0 Å². The molecule has 23 heavy (non-hydrogen) atoms. The average Bonchev–Trinajstić information content (AvgIpc) is 2.56. The summed E-state index contributed by atoms with van der Waals surface area (Å²) in [6.07, 6.45) is -0.401. The summed E-state index contributed by atoms with van der Waals surface area (Å²) in [5.74, 6) is -0.331. The van der Waals surface area contributed by atoms with E-state index in [1.165, 1.54) is 16.4 Å². The van der Waals surface area contributed by atoms with Crippen molar-refractivity contribution in [2.45, 2.75) is 11.0 Å². The number of nitrogens with zero attached hydrogens (tertiary/aromatic N) is 1. The van der Waals surface area contributed by atoms with Gasteiger partial charge in [-0.1, -0.05) is 24.3 Å². The Bertz CT molecular complexity index is 795. The first-order chi connectivity index (χ1) is 11.0. The minimum absolute atomic E-state index is 0.204. The van der Waals surface area contributed by atoms with Crippen LogP contribution in [0.25, 0.3) is 0 Å². The molecule has 0 spiro atoms. The Kier molecular flexibility index (Phi) is 4.82. The highest BCUT2D eigenvalue weighted by atomic mass is 79.9. The molecule has 0 saturated carbocycles.